The Morgan fingerprint density at radius 2 is 0.950 bits per heavy atom. The quantitative estimate of drug-likeness (QED) is 0.0355. The van der Waals surface area contributed by atoms with Crippen LogP contribution in [0.4, 0.5) is 17.6 Å². The molecular weight excluding hydrogens is 1500 g/mol. The van der Waals surface area contributed by atoms with Crippen LogP contribution in [0.3, 0.4) is 0 Å². The molecule has 8 aromatic heterocycles. The molecule has 5 aliphatic rings. The number of aromatic nitrogens is 16. The molecule has 13 heterocycles. The summed E-state index contributed by atoms with van der Waals surface area (Å²) in [7, 11) is -3.27. The highest BCUT2D eigenvalue weighted by Crippen LogP contribution is 2.56. The summed E-state index contributed by atoms with van der Waals surface area (Å²) >= 11 is 16.5. The number of aliphatic hydroxyl groups excluding tert-OH is 1. The lowest BCUT2D eigenvalue weighted by Gasteiger charge is -2.30. The van der Waals surface area contributed by atoms with E-state index in [0.717, 1.165) is 0 Å². The minimum atomic E-state index is -4.22. The van der Waals surface area contributed by atoms with E-state index >= 15 is 17.6 Å². The molecule has 20 atom stereocenters. The monoisotopic (exact) mass is 1570 g/mol. The molecule has 0 spiro atoms. The summed E-state index contributed by atoms with van der Waals surface area (Å²) < 4.78 is 168. The van der Waals surface area contributed by atoms with E-state index in [1.807, 2.05) is 0 Å². The van der Waals surface area contributed by atoms with Gasteiger partial charge in [0.05, 0.1) is 51.7 Å². The predicted molar refractivity (Wildman–Crippen MR) is 361 cm³/mol. The molecule has 0 saturated carbocycles. The van der Waals surface area contributed by atoms with Crippen molar-refractivity contribution in [1.82, 2.24) is 78.1 Å². The smallest absolute Gasteiger partial charge is 0.472 e. The molecule has 47 heteroatoms. The maximum Gasteiger partial charge on any atom is 0.695 e. The molecule has 35 nitrogen and oxygen atoms in total. The molecule has 8 aromatic rings. The molecule has 544 valence electrons. The van der Waals surface area contributed by atoms with E-state index in [-0.39, 0.29) is 115 Å². The summed E-state index contributed by atoms with van der Waals surface area (Å²) in [4.78, 5) is 70.7. The van der Waals surface area contributed by atoms with Gasteiger partial charge in [0.1, 0.15) is 94.5 Å². The number of rotatable bonds is 24. The fourth-order valence-corrected chi connectivity index (χ4v) is 16.3. The van der Waals surface area contributed by atoms with Gasteiger partial charge < -0.3 is 70.5 Å². The topological polar surface area (TPSA) is 391 Å². The minimum Gasteiger partial charge on any atom is -0.472 e. The first-order valence-corrected chi connectivity index (χ1v) is 39.7. The molecule has 8 unspecified atom stereocenters. The van der Waals surface area contributed by atoms with Gasteiger partial charge >= 0.3 is 15.0 Å². The Morgan fingerprint density at radius 3 is 1.34 bits per heavy atom. The lowest BCUT2D eigenvalue weighted by atomic mass is 10.1. The van der Waals surface area contributed by atoms with Gasteiger partial charge in [-0.15, -0.1) is 9.42 Å². The highest BCUT2D eigenvalue weighted by atomic mass is 32.5. The maximum atomic E-state index is 16.3. The van der Waals surface area contributed by atoms with Gasteiger partial charge in [0, 0.05) is 17.9 Å². The second kappa shape index (κ2) is 32.5. The molecule has 5 fully saturated rings. The Hall–Kier alpha value is -6.08. The summed E-state index contributed by atoms with van der Waals surface area (Å²) in [5, 5.41) is 10.1. The van der Waals surface area contributed by atoms with Crippen LogP contribution in [0.15, 0.2) is 101 Å². The number of hydrogen-bond donors (Lipinski definition) is 3. The Labute approximate surface area is 592 Å². The van der Waals surface area contributed by atoms with Crippen molar-refractivity contribution < 1.29 is 107 Å². The summed E-state index contributed by atoms with van der Waals surface area (Å²) in [6.45, 7) is 5.01. The molecule has 0 aromatic carbocycles. The van der Waals surface area contributed by atoms with E-state index in [9.17, 15) is 19.5 Å². The molecule has 13 rings (SSSR count). The highest BCUT2D eigenvalue weighted by Gasteiger charge is 2.56. The van der Waals surface area contributed by atoms with Gasteiger partial charge in [-0.3, -0.25) is 22.8 Å². The van der Waals surface area contributed by atoms with Gasteiger partial charge in [0.25, 0.3) is 0 Å². The fraction of sp³-hybridized carbons (Fsp3) is 0.481. The lowest BCUT2D eigenvalue weighted by Crippen LogP contribution is -2.37. The van der Waals surface area contributed by atoms with Crippen molar-refractivity contribution in [2.24, 2.45) is 0 Å². The van der Waals surface area contributed by atoms with Crippen LogP contribution in [-0.4, -0.2) is 233 Å². The first-order chi connectivity index (χ1) is 48.1. The van der Waals surface area contributed by atoms with Crippen LogP contribution in [0.2, 0.25) is 0 Å². The third-order valence-electron chi connectivity index (χ3n) is 15.4. The average molecular weight is 1570 g/mol. The third kappa shape index (κ3) is 16.3. The van der Waals surface area contributed by atoms with Gasteiger partial charge in [-0.25, -0.2) is 57.4 Å². The number of halogens is 4. The second-order valence-corrected chi connectivity index (χ2v) is 33.5. The molecule has 5 aliphatic heterocycles. The number of ether oxygens (including phenoxy) is 8. The van der Waals surface area contributed by atoms with Crippen LogP contribution in [0, 0.1) is 0 Å². The lowest BCUT2D eigenvalue weighted by molar-refractivity contribution is -0.0549. The van der Waals surface area contributed by atoms with Crippen LogP contribution in [0.1, 0.15) is 24.9 Å². The van der Waals surface area contributed by atoms with Crippen molar-refractivity contribution in [1.29, 1.82) is 0 Å². The number of fused-ring (bicyclic) bond motifs is 6. The van der Waals surface area contributed by atoms with E-state index < -0.39 is 146 Å². The molecule has 5 saturated heterocycles. The van der Waals surface area contributed by atoms with Crippen molar-refractivity contribution >= 4 is 122 Å². The predicted octanol–water partition coefficient (Wildman–Crippen LogP) is 5.99. The van der Waals surface area contributed by atoms with Crippen molar-refractivity contribution in [2.75, 3.05) is 66.2 Å². The second-order valence-electron chi connectivity index (χ2n) is 22.0. The Bertz CT molecular complexity index is 4330. The summed E-state index contributed by atoms with van der Waals surface area (Å²) in [6, 6.07) is 0. The zero-order valence-electron chi connectivity index (χ0n) is 52.7. The Balaban J connectivity index is 0.000000201. The average Bonchev–Trinajstić information content (AvgIpc) is 1.63. The number of nitrogens with zero attached hydrogens (tertiary/aromatic N) is 16. The minimum absolute atomic E-state index is 0. The number of aliphatic hydroxyl groups is 1. The van der Waals surface area contributed by atoms with E-state index in [0.29, 0.717) is 0 Å². The first kappa shape index (κ1) is 76.1. The SMILES string of the molecule is C=CCOc1ncnc2c1ncn2[C@@H]1O[C@@H]2COP(O)(=S)OC3[C@@H](F)[C@H](n4cnc5c(OCC=C)ncnc54)O[C@@H]3COP(C)(=S)OC2[C@H]1F.C=CCOc1ncnc2c1ncn2[C@@H]1O[C@H](COP(C)(=S)OC2[C@@H](F)[C@H](n3cnc4c(OCC=C)ncnc43)O[C@@H]2CO)C(O[P+](=O)O)[C@H]1F.S. The van der Waals surface area contributed by atoms with Crippen LogP contribution in [0.25, 0.3) is 44.7 Å². The molecule has 0 aliphatic carbocycles. The van der Waals surface area contributed by atoms with E-state index in [1.165, 1.54) is 107 Å². The van der Waals surface area contributed by atoms with Crippen LogP contribution >= 0.6 is 41.5 Å². The standard InChI is InChI=1S/C27H30F2N8O10P2S.C27H30F2N8O9P2S2.H2S/c1-4-6-41-24-18-22(30-10-32-24)36(12-34-18)26-16(28)20(46-48(39)40)15(45-26)9-43-49(3,50)47-21-14(8-38)44-27(17(21)29)37-13-35-19-23(37)31-11-33-25(19)42-7-5-2;1-4-6-39-24-18-22(30-10-32-24)36(12-34-18)26-16(28)20-15(44-26)9-42-48(38,50)46-21-14(8-41-47(3,49)45-20)43-27(17(21)29)37-13-35-19-23(37)31-11-33-25(19)40-7-5-2;/h4-5,10-17,20-21,26-27,38H,1-2,6-9H2,3H3;4-5,10-17,20-21,26-27H,1-2,6-9H2,3H3,(H,38,50);1H2/p+1/t14-,15-,16-,17-,20?,21?,26-,27-,49?;14-,15-,16-,17-,20?,21?,26-,27-,47?,48?;/m11./s1. The largest absolute Gasteiger partial charge is 0.695 e. The molecule has 0 amide bonds. The fourth-order valence-electron chi connectivity index (χ4n) is 11.1. The normalized spacial score (nSPS) is 31.2. The Kier molecular flexibility index (Phi) is 24.5. The van der Waals surface area contributed by atoms with Crippen LogP contribution in [-0.2, 0) is 90.6 Å². The van der Waals surface area contributed by atoms with E-state index in [2.05, 4.69) is 86.1 Å². The third-order valence-corrected chi connectivity index (χ3v) is 21.1. The van der Waals surface area contributed by atoms with Crippen LogP contribution < -0.4 is 18.9 Å². The number of hydrogen-bond acceptors (Lipinski definition) is 32. The first-order valence-electron chi connectivity index (χ1n) is 29.8. The molecule has 0 radical (unpaired) electrons. The van der Waals surface area contributed by atoms with Crippen molar-refractivity contribution in [3.8, 4) is 23.5 Å². The van der Waals surface area contributed by atoms with Crippen molar-refractivity contribution in [3.05, 3.63) is 101 Å². The molecular formula is C54H63F4N16O19P4S4+. The van der Waals surface area contributed by atoms with E-state index in [4.69, 9.17) is 105 Å². The van der Waals surface area contributed by atoms with E-state index in [1.54, 1.807) is 0 Å². The van der Waals surface area contributed by atoms with Gasteiger partial charge in [-0.2, -0.15) is 33.4 Å². The highest BCUT2D eigenvalue weighted by molar-refractivity contribution is 8.10. The Morgan fingerprint density at radius 1 is 0.584 bits per heavy atom. The van der Waals surface area contributed by atoms with Gasteiger partial charge in [0.2, 0.25) is 23.5 Å². The summed E-state index contributed by atoms with van der Waals surface area (Å²) in [5.74, 6) is 0.609. The molecule has 0 bridgehead atoms. The summed E-state index contributed by atoms with van der Waals surface area (Å²) in [6.07, 6.45) is -7.62. The van der Waals surface area contributed by atoms with Gasteiger partial charge in [-0.1, -0.05) is 50.6 Å². The van der Waals surface area contributed by atoms with Gasteiger partial charge in [-0.05, 0) is 35.4 Å². The molecule has 101 heavy (non-hydrogen) atoms. The van der Waals surface area contributed by atoms with Crippen LogP contribution in [0.5, 0.6) is 23.5 Å². The zero-order chi connectivity index (χ0) is 70.8. The number of imidazole rings is 4. The molecule has 3 N–H and O–H groups in total. The zero-order valence-corrected chi connectivity index (χ0v) is 59.7. The van der Waals surface area contributed by atoms with Gasteiger partial charge in [0.15, 0.2) is 113 Å². The van der Waals surface area contributed by atoms with Crippen molar-refractivity contribution in [2.45, 2.75) is 98.4 Å². The summed E-state index contributed by atoms with van der Waals surface area (Å²) in [5.41, 5.74) is 1.77. The number of alkyl halides is 4. The van der Waals surface area contributed by atoms with Crippen molar-refractivity contribution in [3.63, 3.8) is 0 Å². The maximum absolute atomic E-state index is 16.3.